The molecule has 0 fully saturated rings. The minimum atomic E-state index is -3.86. The molecule has 0 spiro atoms. The summed E-state index contributed by atoms with van der Waals surface area (Å²) in [6, 6.07) is 12.0. The smallest absolute Gasteiger partial charge is 0.243 e. The zero-order valence-electron chi connectivity index (χ0n) is 17.0. The van der Waals surface area contributed by atoms with E-state index in [2.05, 4.69) is 15.6 Å². The summed E-state index contributed by atoms with van der Waals surface area (Å²) < 4.78 is 28.6. The zero-order chi connectivity index (χ0) is 21.9. The molecule has 3 rings (SSSR count). The van der Waals surface area contributed by atoms with Crippen molar-refractivity contribution >= 4 is 38.6 Å². The Labute approximate surface area is 180 Å². The lowest BCUT2D eigenvalue weighted by Crippen LogP contribution is -2.38. The Morgan fingerprint density at radius 2 is 2.00 bits per heavy atom. The first-order valence-electron chi connectivity index (χ1n) is 9.55. The molecule has 0 saturated heterocycles. The van der Waals surface area contributed by atoms with Gasteiger partial charge in [0.05, 0.1) is 23.0 Å². The highest BCUT2D eigenvalue weighted by Crippen LogP contribution is 2.22. The van der Waals surface area contributed by atoms with Crippen molar-refractivity contribution < 1.29 is 13.2 Å². The molecule has 1 aromatic heterocycles. The Morgan fingerprint density at radius 3 is 2.70 bits per heavy atom. The number of carbonyl (C=O) groups excluding carboxylic acids is 1. The van der Waals surface area contributed by atoms with Crippen LogP contribution in [-0.4, -0.2) is 47.2 Å². The Balaban J connectivity index is 1.71. The molecule has 1 N–H and O–H groups in total. The van der Waals surface area contributed by atoms with Gasteiger partial charge in [0, 0.05) is 18.6 Å². The molecule has 0 bridgehead atoms. The van der Waals surface area contributed by atoms with Crippen LogP contribution in [0.15, 0.2) is 47.4 Å². The van der Waals surface area contributed by atoms with E-state index in [1.54, 1.807) is 28.9 Å². The molecule has 0 aliphatic heterocycles. The van der Waals surface area contributed by atoms with Gasteiger partial charge in [-0.05, 0) is 43.2 Å². The fourth-order valence-electron chi connectivity index (χ4n) is 2.94. The van der Waals surface area contributed by atoms with Crippen LogP contribution in [0.3, 0.4) is 0 Å². The molecule has 1 heterocycles. The lowest BCUT2D eigenvalue weighted by Gasteiger charge is -2.17. The van der Waals surface area contributed by atoms with Crippen LogP contribution in [0.25, 0.3) is 11.0 Å². The van der Waals surface area contributed by atoms with Crippen molar-refractivity contribution in [2.24, 2.45) is 0 Å². The quantitative estimate of drug-likeness (QED) is 0.570. The number of carbonyl (C=O) groups is 1. The Bertz CT molecular complexity index is 1160. The first-order chi connectivity index (χ1) is 14.2. The average Bonchev–Trinajstić information content (AvgIpc) is 3.15. The van der Waals surface area contributed by atoms with E-state index in [0.29, 0.717) is 10.5 Å². The molecule has 30 heavy (non-hydrogen) atoms. The molecule has 3 aromatic rings. The highest BCUT2D eigenvalue weighted by molar-refractivity contribution is 7.89. The largest absolute Gasteiger partial charge is 0.351 e. The molecule has 8 nitrogen and oxygen atoms in total. The number of rotatable bonds is 8. The number of aromatic nitrogens is 3. The monoisotopic (exact) mass is 449 g/mol. The van der Waals surface area contributed by atoms with Gasteiger partial charge in [-0.2, -0.15) is 4.31 Å². The summed E-state index contributed by atoms with van der Waals surface area (Å²) in [5.41, 5.74) is 2.02. The highest BCUT2D eigenvalue weighted by atomic mass is 35.5. The van der Waals surface area contributed by atoms with Crippen molar-refractivity contribution in [2.75, 3.05) is 13.6 Å². The maximum atomic E-state index is 12.9. The van der Waals surface area contributed by atoms with Crippen LogP contribution in [0.5, 0.6) is 0 Å². The third-order valence-corrected chi connectivity index (χ3v) is 7.13. The van der Waals surface area contributed by atoms with Crippen LogP contribution in [0.2, 0.25) is 5.02 Å². The van der Waals surface area contributed by atoms with Crippen molar-refractivity contribution in [2.45, 2.75) is 37.8 Å². The fraction of sp³-hybridized carbons (Fsp3) is 0.350. The lowest BCUT2D eigenvalue weighted by atomic mass is 10.2. The third-order valence-electron chi connectivity index (χ3n) is 4.96. The molecule has 1 unspecified atom stereocenters. The number of benzene rings is 2. The van der Waals surface area contributed by atoms with Gasteiger partial charge in [0.1, 0.15) is 5.52 Å². The SMILES string of the molecule is CCC(C)n1nnc2cc(S(=O)(=O)N(C)CC(=O)NCc3ccccc3Cl)ccc21. The van der Waals surface area contributed by atoms with E-state index in [1.807, 2.05) is 19.9 Å². The number of nitrogens with one attached hydrogen (secondary N) is 1. The van der Waals surface area contributed by atoms with Crippen LogP contribution in [0, 0.1) is 0 Å². The molecule has 160 valence electrons. The van der Waals surface area contributed by atoms with Gasteiger partial charge in [-0.3, -0.25) is 4.79 Å². The molecular weight excluding hydrogens is 426 g/mol. The summed E-state index contributed by atoms with van der Waals surface area (Å²) in [4.78, 5) is 12.3. The number of hydrogen-bond acceptors (Lipinski definition) is 5. The predicted molar refractivity (Wildman–Crippen MR) is 116 cm³/mol. The minimum absolute atomic E-state index is 0.0626. The Kier molecular flexibility index (Phi) is 6.74. The van der Waals surface area contributed by atoms with Crippen molar-refractivity contribution in [3.63, 3.8) is 0 Å². The number of fused-ring (bicyclic) bond motifs is 1. The van der Waals surface area contributed by atoms with Crippen molar-refractivity contribution in [3.05, 3.63) is 53.1 Å². The summed E-state index contributed by atoms with van der Waals surface area (Å²) in [5.74, 6) is -0.426. The Morgan fingerprint density at radius 1 is 1.27 bits per heavy atom. The molecule has 10 heteroatoms. The second kappa shape index (κ2) is 9.11. The number of sulfonamides is 1. The first-order valence-corrected chi connectivity index (χ1v) is 11.4. The second-order valence-corrected chi connectivity index (χ2v) is 9.52. The number of amides is 1. The van der Waals surface area contributed by atoms with Crippen LogP contribution in [0.4, 0.5) is 0 Å². The maximum absolute atomic E-state index is 12.9. The zero-order valence-corrected chi connectivity index (χ0v) is 18.6. The lowest BCUT2D eigenvalue weighted by molar-refractivity contribution is -0.121. The number of likely N-dealkylation sites (N-methyl/N-ethyl adjacent to an activating group) is 1. The van der Waals surface area contributed by atoms with Gasteiger partial charge < -0.3 is 5.32 Å². The van der Waals surface area contributed by atoms with Gasteiger partial charge in [-0.25, -0.2) is 13.1 Å². The van der Waals surface area contributed by atoms with Crippen molar-refractivity contribution in [3.8, 4) is 0 Å². The van der Waals surface area contributed by atoms with Gasteiger partial charge >= 0.3 is 0 Å². The molecular formula is C20H24ClN5O3S. The number of nitrogens with zero attached hydrogens (tertiary/aromatic N) is 4. The third kappa shape index (κ3) is 4.63. The molecule has 0 aliphatic rings. The van der Waals surface area contributed by atoms with Crippen LogP contribution in [-0.2, 0) is 21.4 Å². The van der Waals surface area contributed by atoms with Gasteiger partial charge in [0.15, 0.2) is 0 Å². The van der Waals surface area contributed by atoms with E-state index in [9.17, 15) is 13.2 Å². The van der Waals surface area contributed by atoms with Crippen LogP contribution in [0.1, 0.15) is 31.9 Å². The average molecular weight is 450 g/mol. The molecule has 0 saturated carbocycles. The van der Waals surface area contributed by atoms with Gasteiger partial charge in [-0.1, -0.05) is 41.9 Å². The first kappa shape index (κ1) is 22.2. The van der Waals surface area contributed by atoms with Crippen LogP contribution < -0.4 is 5.32 Å². The second-order valence-electron chi connectivity index (χ2n) is 7.07. The van der Waals surface area contributed by atoms with E-state index in [4.69, 9.17) is 11.6 Å². The van der Waals surface area contributed by atoms with Gasteiger partial charge in [0.25, 0.3) is 0 Å². The predicted octanol–water partition coefficient (Wildman–Crippen LogP) is 2.99. The molecule has 2 aromatic carbocycles. The maximum Gasteiger partial charge on any atom is 0.243 e. The van der Waals surface area contributed by atoms with E-state index in [-0.39, 0.29) is 24.0 Å². The fourth-order valence-corrected chi connectivity index (χ4v) is 4.29. The summed E-state index contributed by atoms with van der Waals surface area (Å²) in [6.07, 6.45) is 0.880. The van der Waals surface area contributed by atoms with E-state index in [1.165, 1.54) is 19.2 Å². The number of halogens is 1. The standard InChI is InChI=1S/C20H24ClN5O3S/c1-4-14(2)26-19-10-9-16(11-18(19)23-24-26)30(28,29)25(3)13-20(27)22-12-15-7-5-6-8-17(15)21/h5-11,14H,4,12-13H2,1-3H3,(H,22,27). The van der Waals surface area contributed by atoms with Gasteiger partial charge in [0.2, 0.25) is 15.9 Å². The minimum Gasteiger partial charge on any atom is -0.351 e. The molecule has 0 radical (unpaired) electrons. The summed E-state index contributed by atoms with van der Waals surface area (Å²) in [5, 5.41) is 11.4. The van der Waals surface area contributed by atoms with Gasteiger partial charge in [-0.15, -0.1) is 5.10 Å². The highest BCUT2D eigenvalue weighted by Gasteiger charge is 2.24. The van der Waals surface area contributed by atoms with Crippen molar-refractivity contribution in [1.29, 1.82) is 0 Å². The summed E-state index contributed by atoms with van der Waals surface area (Å²) in [6.45, 7) is 3.97. The molecule has 1 atom stereocenters. The topological polar surface area (TPSA) is 97.2 Å². The molecule has 0 aliphatic carbocycles. The molecule has 1 amide bonds. The number of hydrogen-bond donors (Lipinski definition) is 1. The normalized spacial score (nSPS) is 13.0. The van der Waals surface area contributed by atoms with Crippen LogP contribution >= 0.6 is 11.6 Å². The summed E-state index contributed by atoms with van der Waals surface area (Å²) >= 11 is 6.07. The van der Waals surface area contributed by atoms with E-state index >= 15 is 0 Å². The van der Waals surface area contributed by atoms with Crippen molar-refractivity contribution in [1.82, 2.24) is 24.6 Å². The van der Waals surface area contributed by atoms with E-state index in [0.717, 1.165) is 21.8 Å². The van der Waals surface area contributed by atoms with E-state index < -0.39 is 15.9 Å². The summed E-state index contributed by atoms with van der Waals surface area (Å²) in [7, 11) is -2.50. The Hall–Kier alpha value is -2.49.